The van der Waals surface area contributed by atoms with E-state index < -0.39 is 151 Å². The van der Waals surface area contributed by atoms with Gasteiger partial charge in [-0.25, -0.2) is 33.9 Å². The number of ether oxygens (including phenoxy) is 4. The molecule has 1 saturated heterocycles. The molecular weight excluding hydrogens is 1320 g/mol. The number of rotatable bonds is 40. The number of amides is 10. The molecule has 4 aromatic rings. The second-order valence-electron chi connectivity index (χ2n) is 23.6. The Balaban J connectivity index is 0.859. The molecule has 36 heteroatoms. The third kappa shape index (κ3) is 23.3. The van der Waals surface area contributed by atoms with Gasteiger partial charge >= 0.3 is 29.8 Å². The van der Waals surface area contributed by atoms with E-state index in [1.165, 1.54) is 24.4 Å². The average molecular weight is 1410 g/mol. The minimum absolute atomic E-state index is 0.0176. The number of hydrogen-bond donors (Lipinski definition) is 11. The van der Waals surface area contributed by atoms with Crippen LogP contribution in [0.4, 0.5) is 23.1 Å². The second-order valence-corrected chi connectivity index (χ2v) is 23.6. The zero-order valence-corrected chi connectivity index (χ0v) is 56.5. The van der Waals surface area contributed by atoms with Crippen molar-refractivity contribution < 1.29 is 96.0 Å². The molecular formula is C65H84N16O20. The molecule has 4 heterocycles. The molecule has 1 fully saturated rings. The Morgan fingerprint density at radius 2 is 1.09 bits per heavy atom. The highest BCUT2D eigenvalue weighted by atomic mass is 16.5. The monoisotopic (exact) mass is 1410 g/mol. The minimum Gasteiger partial charge on any atom is -0.480 e. The summed E-state index contributed by atoms with van der Waals surface area (Å²) < 4.78 is 19.3. The highest BCUT2D eigenvalue weighted by molar-refractivity contribution is 6.25. The molecule has 0 spiro atoms. The van der Waals surface area contributed by atoms with Crippen LogP contribution in [0.1, 0.15) is 152 Å². The quantitative estimate of drug-likeness (QED) is 0.0120. The number of fused-ring (bicyclic) bond motifs is 2. The van der Waals surface area contributed by atoms with E-state index >= 15 is 0 Å². The standard InChI is InChI=1S/C65H84N16O20/c1-80(34-36-33-70-55-53(71-36)54(66)78-65(67)79-55)37-17-15-35(16-18-37)56(88)76-40(60(92)93)19-26-47(83)73-42(62(95)99-3)21-28-49(85)75-44(64(97)101-5)23-29-50(86)74-43(63(96)100-4)22-27-48(84)72-41(61(94)98-2)20-25-46(82)69-32-11-9-7-6-8-10-31-68-39-14-12-13-38-52(39)59(91)81(58(38)90)45-24-30-51(87)77-57(45)89/h12-18,33,40-45,68H,6-11,19-32,34H2,1-5H3,(H,69,82)(H,72,84)(H,73,83)(H,74,86)(H,75,85)(H,76,88)(H,92,93)(H,77,87,89)(H4,66,67,70,78,79). The van der Waals surface area contributed by atoms with Crippen LogP contribution in [0.25, 0.3) is 11.2 Å². The summed E-state index contributed by atoms with van der Waals surface area (Å²) in [7, 11) is 5.94. The number of carbonyl (C=O) groups excluding carboxylic acids is 14. The number of piperidine rings is 1. The lowest BCUT2D eigenvalue weighted by Crippen LogP contribution is -2.54. The highest BCUT2D eigenvalue weighted by Gasteiger charge is 2.46. The van der Waals surface area contributed by atoms with Crippen molar-refractivity contribution in [2.75, 3.05) is 70.3 Å². The Labute approximate surface area is 579 Å². The number of aliphatic carboxylic acids is 1. The van der Waals surface area contributed by atoms with Crippen molar-refractivity contribution in [2.45, 2.75) is 158 Å². The number of nitrogens with zero attached hydrogens (tertiary/aromatic N) is 6. The summed E-state index contributed by atoms with van der Waals surface area (Å²) in [6, 6.07) is 2.87. The fraction of sp³-hybridized carbons (Fsp3) is 0.492. The van der Waals surface area contributed by atoms with Crippen LogP contribution in [-0.4, -0.2) is 204 Å². The molecule has 2 aromatic carbocycles. The fourth-order valence-corrected chi connectivity index (χ4v) is 10.9. The van der Waals surface area contributed by atoms with Gasteiger partial charge in [-0.05, 0) is 87.8 Å². The molecule has 6 atom stereocenters. The first-order valence-corrected chi connectivity index (χ1v) is 32.5. The molecule has 6 rings (SSSR count). The number of esters is 4. The Kier molecular flexibility index (Phi) is 30.0. The van der Waals surface area contributed by atoms with Crippen LogP contribution in [0, 0.1) is 0 Å². The van der Waals surface area contributed by atoms with Crippen molar-refractivity contribution in [3.8, 4) is 0 Å². The number of benzene rings is 2. The van der Waals surface area contributed by atoms with E-state index in [1.54, 1.807) is 36.2 Å². The van der Waals surface area contributed by atoms with Gasteiger partial charge in [0.2, 0.25) is 47.3 Å². The maximum absolute atomic E-state index is 13.4. The predicted octanol–water partition coefficient (Wildman–Crippen LogP) is -0.0941. The van der Waals surface area contributed by atoms with Crippen molar-refractivity contribution in [1.82, 2.24) is 62.1 Å². The van der Waals surface area contributed by atoms with Gasteiger partial charge < -0.3 is 77.6 Å². The van der Waals surface area contributed by atoms with Crippen LogP contribution < -0.4 is 58.9 Å². The number of carboxylic acids is 1. The number of methoxy groups -OCH3 is 4. The van der Waals surface area contributed by atoms with Gasteiger partial charge in [0.15, 0.2) is 17.0 Å². The number of nitrogens with two attached hydrogens (primary N) is 2. The number of nitrogens with one attached hydrogen (secondary N) is 8. The van der Waals surface area contributed by atoms with Crippen LogP contribution >= 0.6 is 0 Å². The Bertz CT molecular complexity index is 3740. The SMILES string of the molecule is COC(=O)C(CCC(=O)NCCCCCCCCNc1cccc2c1C(=O)N(C1CCC(=O)NC1=O)C2=O)NC(=O)CCC(NC(=O)CCC(NC(=O)CCC(NC(=O)CCC(NC(=O)c1ccc(N(C)Cc2cnc3nc(N)nc(N)c3n2)cc1)C(=O)O)C(=O)OC)C(=O)OC)C(=O)OC. The Morgan fingerprint density at radius 1 is 0.604 bits per heavy atom. The molecule has 36 nitrogen and oxygen atoms in total. The molecule has 0 saturated carbocycles. The molecule has 10 amide bonds. The van der Waals surface area contributed by atoms with E-state index in [-0.39, 0.29) is 97.0 Å². The molecule has 2 aliphatic heterocycles. The lowest BCUT2D eigenvalue weighted by atomic mass is 10.0. The molecule has 13 N–H and O–H groups in total. The van der Waals surface area contributed by atoms with E-state index in [0.717, 1.165) is 65.4 Å². The highest BCUT2D eigenvalue weighted by Crippen LogP contribution is 2.33. The van der Waals surface area contributed by atoms with E-state index in [9.17, 15) is 77.0 Å². The second kappa shape index (κ2) is 38.6. The van der Waals surface area contributed by atoms with Crippen molar-refractivity contribution in [2.24, 2.45) is 0 Å². The van der Waals surface area contributed by atoms with Crippen molar-refractivity contribution in [3.63, 3.8) is 0 Å². The van der Waals surface area contributed by atoms with Gasteiger partial charge in [0.1, 0.15) is 36.3 Å². The van der Waals surface area contributed by atoms with Gasteiger partial charge in [0.25, 0.3) is 17.7 Å². The first-order chi connectivity index (χ1) is 48.2. The molecule has 544 valence electrons. The fourth-order valence-electron chi connectivity index (χ4n) is 10.9. The topological polar surface area (TPSA) is 520 Å². The normalized spacial score (nSPS) is 14.7. The molecule has 0 aliphatic carbocycles. The summed E-state index contributed by atoms with van der Waals surface area (Å²) in [6.45, 7) is 1.13. The Hall–Kier alpha value is -11.5. The van der Waals surface area contributed by atoms with Gasteiger partial charge in [-0.3, -0.25) is 58.2 Å². The first kappa shape index (κ1) is 78.5. The zero-order chi connectivity index (χ0) is 73.9. The number of nitrogen functional groups attached to an aromatic ring is 2. The number of carbonyl (C=O) groups is 15. The van der Waals surface area contributed by atoms with E-state index in [2.05, 4.69) is 62.5 Å². The van der Waals surface area contributed by atoms with Crippen LogP contribution in [0.2, 0.25) is 0 Å². The summed E-state index contributed by atoms with van der Waals surface area (Å²) in [5.41, 5.74) is 14.2. The number of unbranched alkanes of at least 4 members (excludes halogenated alkanes) is 5. The lowest BCUT2D eigenvalue weighted by Gasteiger charge is -2.27. The van der Waals surface area contributed by atoms with Crippen molar-refractivity contribution >= 4 is 123 Å². The van der Waals surface area contributed by atoms with Gasteiger partial charge in [0.05, 0.1) is 58.0 Å². The number of anilines is 4. The molecule has 2 aliphatic rings. The van der Waals surface area contributed by atoms with Crippen molar-refractivity contribution in [1.29, 1.82) is 0 Å². The van der Waals surface area contributed by atoms with Crippen LogP contribution in [0.5, 0.6) is 0 Å². The molecule has 101 heavy (non-hydrogen) atoms. The van der Waals surface area contributed by atoms with Gasteiger partial charge in [-0.2, -0.15) is 9.97 Å². The summed E-state index contributed by atoms with van der Waals surface area (Å²) in [5, 5.41) is 30.2. The number of carboxylic acid groups (broad SMARTS) is 1. The van der Waals surface area contributed by atoms with Gasteiger partial charge in [-0.15, -0.1) is 0 Å². The van der Waals surface area contributed by atoms with E-state index in [0.29, 0.717) is 36.6 Å². The van der Waals surface area contributed by atoms with E-state index in [1.807, 2.05) is 0 Å². The third-order valence-electron chi connectivity index (χ3n) is 16.4. The Morgan fingerprint density at radius 3 is 1.58 bits per heavy atom. The minimum atomic E-state index is -1.56. The molecule has 0 bridgehead atoms. The van der Waals surface area contributed by atoms with Crippen LogP contribution in [-0.2, 0) is 83.0 Å². The predicted molar refractivity (Wildman–Crippen MR) is 356 cm³/mol. The van der Waals surface area contributed by atoms with E-state index in [4.69, 9.17) is 30.4 Å². The molecule has 6 unspecified atom stereocenters. The zero-order valence-electron chi connectivity index (χ0n) is 56.5. The maximum atomic E-state index is 13.4. The lowest BCUT2D eigenvalue weighted by molar-refractivity contribution is -0.147. The molecule has 0 radical (unpaired) electrons. The van der Waals surface area contributed by atoms with Gasteiger partial charge in [0, 0.05) is 75.6 Å². The third-order valence-corrected chi connectivity index (χ3v) is 16.4. The van der Waals surface area contributed by atoms with Gasteiger partial charge in [-0.1, -0.05) is 31.7 Å². The number of hydrogen-bond acceptors (Lipinski definition) is 27. The maximum Gasteiger partial charge on any atom is 0.328 e. The number of imide groups is 2. The van der Waals surface area contributed by atoms with Crippen LogP contribution in [0.15, 0.2) is 48.7 Å². The average Bonchev–Trinajstić information content (AvgIpc) is 1.61. The largest absolute Gasteiger partial charge is 0.480 e. The smallest absolute Gasteiger partial charge is 0.328 e. The summed E-state index contributed by atoms with van der Waals surface area (Å²) in [6.07, 6.45) is 2.66. The summed E-state index contributed by atoms with van der Waals surface area (Å²) in [4.78, 5) is 212. The summed E-state index contributed by atoms with van der Waals surface area (Å²) >= 11 is 0. The number of aromatic nitrogens is 4. The first-order valence-electron chi connectivity index (χ1n) is 32.5. The van der Waals surface area contributed by atoms with Crippen molar-refractivity contribution in [3.05, 3.63) is 71.0 Å². The molecule has 2 aromatic heterocycles. The van der Waals surface area contributed by atoms with Crippen LogP contribution in [0.3, 0.4) is 0 Å². The summed E-state index contributed by atoms with van der Waals surface area (Å²) in [5.74, 6) is -11.9.